The first kappa shape index (κ1) is 33.1. The summed E-state index contributed by atoms with van der Waals surface area (Å²) in [7, 11) is 1.87. The zero-order chi connectivity index (χ0) is 33.1. The Morgan fingerprint density at radius 3 is 2.64 bits per heavy atom. The second-order valence-electron chi connectivity index (χ2n) is 11.9. The third-order valence-electron chi connectivity index (χ3n) is 8.01. The summed E-state index contributed by atoms with van der Waals surface area (Å²) in [5.74, 6) is 1.39. The Balaban J connectivity index is 1.20. The molecule has 47 heavy (non-hydrogen) atoms. The third-order valence-corrected chi connectivity index (χ3v) is 8.01. The molecule has 0 spiro atoms. The minimum Gasteiger partial charge on any atom is -0.388 e. The van der Waals surface area contributed by atoms with Crippen LogP contribution in [-0.2, 0) is 13.6 Å². The molecule has 1 atom stereocenters. The molecule has 1 aliphatic rings. The molecule has 244 valence electrons. The maximum absolute atomic E-state index is 13.4. The van der Waals surface area contributed by atoms with Gasteiger partial charge in [-0.1, -0.05) is 49.8 Å². The SMILES string of the molecule is CCC[C@H](CCC/C=C/N(C(=O)NCc1ccccc1)c1ccc(-c2cnn(C)c2)cn1)Nc1ncc(C#N)c(NCC2(O)CC2)n1. The first-order chi connectivity index (χ1) is 22.9. The van der Waals surface area contributed by atoms with E-state index in [0.29, 0.717) is 36.2 Å². The van der Waals surface area contributed by atoms with Crippen LogP contribution < -0.4 is 20.9 Å². The molecule has 3 heterocycles. The van der Waals surface area contributed by atoms with E-state index in [1.807, 2.05) is 61.8 Å². The molecule has 1 aromatic carbocycles. The van der Waals surface area contributed by atoms with Gasteiger partial charge in [-0.2, -0.15) is 15.3 Å². The molecular formula is C35H42N10O2. The summed E-state index contributed by atoms with van der Waals surface area (Å²) in [6, 6.07) is 15.5. The van der Waals surface area contributed by atoms with E-state index in [1.165, 1.54) is 11.1 Å². The van der Waals surface area contributed by atoms with Gasteiger partial charge in [-0.3, -0.25) is 9.58 Å². The van der Waals surface area contributed by atoms with Crippen molar-refractivity contribution in [1.82, 2.24) is 30.0 Å². The fourth-order valence-electron chi connectivity index (χ4n) is 5.10. The highest BCUT2D eigenvalue weighted by atomic mass is 16.3. The van der Waals surface area contributed by atoms with Gasteiger partial charge in [0.25, 0.3) is 0 Å². The number of pyridine rings is 1. The van der Waals surface area contributed by atoms with Gasteiger partial charge in [0.2, 0.25) is 5.95 Å². The summed E-state index contributed by atoms with van der Waals surface area (Å²) in [5, 5.41) is 33.5. The van der Waals surface area contributed by atoms with Crippen LogP contribution in [0.1, 0.15) is 63.0 Å². The van der Waals surface area contributed by atoms with Gasteiger partial charge in [-0.25, -0.2) is 14.8 Å². The largest absolute Gasteiger partial charge is 0.388 e. The number of hydrogen-bond donors (Lipinski definition) is 4. The highest BCUT2D eigenvalue weighted by Gasteiger charge is 2.40. The molecule has 4 aromatic rings. The topological polar surface area (TPSA) is 157 Å². The highest BCUT2D eigenvalue weighted by molar-refractivity contribution is 5.92. The number of hydrogen-bond acceptors (Lipinski definition) is 9. The average molecular weight is 635 g/mol. The van der Waals surface area contributed by atoms with E-state index in [-0.39, 0.29) is 12.1 Å². The molecule has 0 aliphatic heterocycles. The minimum atomic E-state index is -0.707. The van der Waals surface area contributed by atoms with E-state index >= 15 is 0 Å². The molecule has 1 fully saturated rings. The number of aromatic nitrogens is 5. The first-order valence-electron chi connectivity index (χ1n) is 16.1. The standard InChI is InChI=1S/C35H42N10O2/c1-3-10-30(42-33-38-22-28(19-36)32(43-33)40-25-35(47)16-17-35)13-8-5-9-18-45(34(46)39-20-26-11-6-4-7-12-26)31-15-14-27(21-37-31)29-23-41-44(2)24-29/h4,6-7,9,11-12,14-15,18,21-24,30,47H,3,5,8,10,13,16-17,20,25H2,1-2H3,(H,39,46)(H2,38,40,42,43)/b18-9+/t30-/m1/s1. The zero-order valence-corrected chi connectivity index (χ0v) is 26.9. The predicted octanol–water partition coefficient (Wildman–Crippen LogP) is 5.76. The van der Waals surface area contributed by atoms with E-state index in [1.54, 1.807) is 23.3 Å². The number of allylic oxidation sites excluding steroid dienone is 1. The van der Waals surface area contributed by atoms with Crippen molar-refractivity contribution >= 4 is 23.6 Å². The summed E-state index contributed by atoms with van der Waals surface area (Å²) >= 11 is 0. The van der Waals surface area contributed by atoms with Crippen LogP contribution in [0.15, 0.2) is 79.5 Å². The van der Waals surface area contributed by atoms with Crippen LogP contribution in [0.4, 0.5) is 22.4 Å². The lowest BCUT2D eigenvalue weighted by molar-refractivity contribution is 0.164. The van der Waals surface area contributed by atoms with Gasteiger partial charge < -0.3 is 21.1 Å². The Hall–Kier alpha value is -5.28. The lowest BCUT2D eigenvalue weighted by Crippen LogP contribution is -2.36. The summed E-state index contributed by atoms with van der Waals surface area (Å²) in [6.07, 6.45) is 16.6. The molecule has 5 rings (SSSR count). The Kier molecular flexibility index (Phi) is 11.1. The van der Waals surface area contributed by atoms with Crippen LogP contribution >= 0.6 is 0 Å². The minimum absolute atomic E-state index is 0.133. The van der Waals surface area contributed by atoms with Crippen molar-refractivity contribution < 1.29 is 9.90 Å². The molecule has 0 radical (unpaired) electrons. The van der Waals surface area contributed by atoms with E-state index in [2.05, 4.69) is 49.0 Å². The summed E-state index contributed by atoms with van der Waals surface area (Å²) in [6.45, 7) is 2.89. The normalized spacial score (nSPS) is 13.9. The number of benzene rings is 1. The van der Waals surface area contributed by atoms with Crippen LogP contribution in [-0.4, -0.2) is 54.1 Å². The van der Waals surface area contributed by atoms with Crippen molar-refractivity contribution in [1.29, 1.82) is 5.26 Å². The third kappa shape index (κ3) is 9.61. The summed E-state index contributed by atoms with van der Waals surface area (Å²) in [5.41, 5.74) is 2.51. The monoisotopic (exact) mass is 634 g/mol. The van der Waals surface area contributed by atoms with Gasteiger partial charge in [0.05, 0.1) is 18.0 Å². The molecule has 4 N–H and O–H groups in total. The zero-order valence-electron chi connectivity index (χ0n) is 26.9. The fourth-order valence-corrected chi connectivity index (χ4v) is 5.10. The Bertz CT molecular complexity index is 1680. The molecule has 1 saturated carbocycles. The first-order valence-corrected chi connectivity index (χ1v) is 16.1. The van der Waals surface area contributed by atoms with Crippen LogP contribution in [0.3, 0.4) is 0 Å². The smallest absolute Gasteiger partial charge is 0.327 e. The number of anilines is 3. The second kappa shape index (κ2) is 15.8. The number of nitrogens with one attached hydrogen (secondary N) is 3. The van der Waals surface area contributed by atoms with Gasteiger partial charge >= 0.3 is 6.03 Å². The lowest BCUT2D eigenvalue weighted by Gasteiger charge is -2.20. The van der Waals surface area contributed by atoms with Gasteiger partial charge in [0, 0.05) is 55.9 Å². The van der Waals surface area contributed by atoms with Crippen molar-refractivity contribution in [2.75, 3.05) is 22.1 Å². The number of amides is 2. The maximum Gasteiger partial charge on any atom is 0.327 e. The van der Waals surface area contributed by atoms with Crippen LogP contribution in [0.5, 0.6) is 0 Å². The van der Waals surface area contributed by atoms with Crippen LogP contribution in [0.2, 0.25) is 0 Å². The number of rotatable bonds is 16. The van der Waals surface area contributed by atoms with Crippen LogP contribution in [0.25, 0.3) is 11.1 Å². The Morgan fingerprint density at radius 1 is 1.13 bits per heavy atom. The molecule has 3 aromatic heterocycles. The molecule has 12 nitrogen and oxygen atoms in total. The molecule has 1 aliphatic carbocycles. The molecule has 12 heteroatoms. The number of carbonyl (C=O) groups is 1. The number of urea groups is 1. The number of nitriles is 1. The van der Waals surface area contributed by atoms with Gasteiger partial charge in [-0.15, -0.1) is 0 Å². The van der Waals surface area contributed by atoms with Crippen LogP contribution in [0, 0.1) is 11.3 Å². The number of aryl methyl sites for hydroxylation is 1. The van der Waals surface area contributed by atoms with Crippen molar-refractivity contribution in [3.63, 3.8) is 0 Å². The number of nitrogens with zero attached hydrogens (tertiary/aromatic N) is 7. The second-order valence-corrected chi connectivity index (χ2v) is 11.9. The average Bonchev–Trinajstić information content (AvgIpc) is 3.67. The molecule has 0 saturated heterocycles. The van der Waals surface area contributed by atoms with Crippen molar-refractivity contribution in [3.8, 4) is 17.2 Å². The quantitative estimate of drug-likeness (QED) is 0.113. The Labute approximate surface area is 275 Å². The maximum atomic E-state index is 13.4. The van der Waals surface area contributed by atoms with Gasteiger partial charge in [0.1, 0.15) is 23.3 Å². The van der Waals surface area contributed by atoms with E-state index < -0.39 is 5.60 Å². The highest BCUT2D eigenvalue weighted by Crippen LogP contribution is 2.35. The number of aliphatic hydroxyl groups is 1. The lowest BCUT2D eigenvalue weighted by atomic mass is 10.1. The van der Waals surface area contributed by atoms with E-state index in [9.17, 15) is 15.2 Å². The van der Waals surface area contributed by atoms with Crippen molar-refractivity contribution in [2.45, 2.75) is 70.1 Å². The summed E-state index contributed by atoms with van der Waals surface area (Å²) in [4.78, 5) is 28.4. The molecule has 2 amide bonds. The molecular weight excluding hydrogens is 592 g/mol. The van der Waals surface area contributed by atoms with Crippen molar-refractivity contribution in [3.05, 3.63) is 90.7 Å². The molecule has 0 unspecified atom stereocenters. The predicted molar refractivity (Wildman–Crippen MR) is 182 cm³/mol. The van der Waals surface area contributed by atoms with Gasteiger partial charge in [0.15, 0.2) is 0 Å². The summed E-state index contributed by atoms with van der Waals surface area (Å²) < 4.78 is 1.74. The van der Waals surface area contributed by atoms with E-state index in [0.717, 1.165) is 61.6 Å². The number of unbranched alkanes of at least 4 members (excludes halogenated alkanes) is 1. The van der Waals surface area contributed by atoms with Gasteiger partial charge in [-0.05, 0) is 56.2 Å². The fraction of sp³-hybridized carbons (Fsp3) is 0.371. The van der Waals surface area contributed by atoms with Crippen molar-refractivity contribution in [2.24, 2.45) is 7.05 Å². The number of carbonyl (C=O) groups excluding carboxylic acids is 1. The van der Waals surface area contributed by atoms with E-state index in [4.69, 9.17) is 0 Å². The Morgan fingerprint density at radius 2 is 1.96 bits per heavy atom. The molecule has 0 bridgehead atoms.